The number of aliphatic hydroxyl groups is 2. The van der Waals surface area contributed by atoms with E-state index in [-0.39, 0.29) is 6.61 Å². The summed E-state index contributed by atoms with van der Waals surface area (Å²) in [6.07, 6.45) is -1.99. The van der Waals surface area contributed by atoms with E-state index < -0.39 is 18.4 Å². The maximum absolute atomic E-state index is 8.77. The smallest absolute Gasteiger partial charge is 0.182 e. The van der Waals surface area contributed by atoms with Crippen LogP contribution in [0, 0.1) is 0 Å². The predicted octanol–water partition coefficient (Wildman–Crippen LogP) is -1.98. The highest BCUT2D eigenvalue weighted by atomic mass is 16.6. The van der Waals surface area contributed by atoms with Crippen LogP contribution in [-0.2, 0) is 4.74 Å². The van der Waals surface area contributed by atoms with Crippen molar-refractivity contribution in [2.75, 3.05) is 6.61 Å². The summed E-state index contributed by atoms with van der Waals surface area (Å²) in [4.78, 5) is 0. The second-order valence-corrected chi connectivity index (χ2v) is 1.88. The molecule has 0 aromatic carbocycles. The van der Waals surface area contributed by atoms with Gasteiger partial charge in [-0.15, -0.1) is 0 Å². The minimum atomic E-state index is -1.08. The molecular formula is C4H9NO3. The predicted molar refractivity (Wildman–Crippen MR) is 25.9 cm³/mol. The molecule has 48 valence electrons. The quantitative estimate of drug-likeness (QED) is 0.345. The molecule has 0 bridgehead atoms. The van der Waals surface area contributed by atoms with Gasteiger partial charge in [-0.25, -0.2) is 0 Å². The molecular weight excluding hydrogens is 110 g/mol. The molecule has 8 heavy (non-hydrogen) atoms. The Bertz CT molecular complexity index is 77.4. The van der Waals surface area contributed by atoms with Crippen LogP contribution < -0.4 is 5.73 Å². The van der Waals surface area contributed by atoms with Crippen molar-refractivity contribution in [3.8, 4) is 0 Å². The highest BCUT2D eigenvalue weighted by molar-refractivity contribution is 4.79. The molecule has 3 atom stereocenters. The highest BCUT2D eigenvalue weighted by Crippen LogP contribution is 2.08. The van der Waals surface area contributed by atoms with E-state index in [0.717, 1.165) is 0 Å². The van der Waals surface area contributed by atoms with Gasteiger partial charge in [-0.05, 0) is 0 Å². The second-order valence-electron chi connectivity index (χ2n) is 1.88. The third kappa shape index (κ3) is 0.830. The number of nitrogens with two attached hydrogens (primary N) is 1. The van der Waals surface area contributed by atoms with E-state index in [1.54, 1.807) is 0 Å². The molecule has 1 heterocycles. The van der Waals surface area contributed by atoms with Crippen LogP contribution in [0.15, 0.2) is 0 Å². The van der Waals surface area contributed by atoms with Gasteiger partial charge in [-0.2, -0.15) is 0 Å². The van der Waals surface area contributed by atoms with Crippen LogP contribution in [-0.4, -0.2) is 35.3 Å². The van der Waals surface area contributed by atoms with Gasteiger partial charge in [0.15, 0.2) is 6.29 Å². The summed E-state index contributed by atoms with van der Waals surface area (Å²) in [5.74, 6) is 0. The van der Waals surface area contributed by atoms with Crippen molar-refractivity contribution in [1.29, 1.82) is 0 Å². The number of hydrogen-bond acceptors (Lipinski definition) is 4. The van der Waals surface area contributed by atoms with Crippen molar-refractivity contribution >= 4 is 0 Å². The molecule has 1 aliphatic heterocycles. The molecule has 0 aromatic heterocycles. The SMILES string of the molecule is NC1COC(O)C1O. The Morgan fingerprint density at radius 2 is 2.12 bits per heavy atom. The molecule has 1 aliphatic rings. The Kier molecular flexibility index (Phi) is 1.48. The Morgan fingerprint density at radius 1 is 1.50 bits per heavy atom. The zero-order chi connectivity index (χ0) is 6.15. The maximum Gasteiger partial charge on any atom is 0.182 e. The van der Waals surface area contributed by atoms with Gasteiger partial charge in [0, 0.05) is 0 Å². The van der Waals surface area contributed by atoms with Gasteiger partial charge in [-0.1, -0.05) is 0 Å². The van der Waals surface area contributed by atoms with Crippen molar-refractivity contribution in [2.45, 2.75) is 18.4 Å². The van der Waals surface area contributed by atoms with Crippen molar-refractivity contribution in [1.82, 2.24) is 0 Å². The first kappa shape index (κ1) is 5.97. The molecule has 0 aliphatic carbocycles. The maximum atomic E-state index is 8.77. The summed E-state index contributed by atoms with van der Waals surface area (Å²) >= 11 is 0. The van der Waals surface area contributed by atoms with Gasteiger partial charge in [0.1, 0.15) is 6.10 Å². The van der Waals surface area contributed by atoms with Crippen molar-refractivity contribution < 1.29 is 14.9 Å². The van der Waals surface area contributed by atoms with Crippen LogP contribution in [0.2, 0.25) is 0 Å². The largest absolute Gasteiger partial charge is 0.386 e. The highest BCUT2D eigenvalue weighted by Gasteiger charge is 2.31. The zero-order valence-corrected chi connectivity index (χ0v) is 4.32. The summed E-state index contributed by atoms with van der Waals surface area (Å²) in [5, 5.41) is 17.4. The topological polar surface area (TPSA) is 75.7 Å². The Hall–Kier alpha value is -0.160. The molecule has 1 rings (SSSR count). The van der Waals surface area contributed by atoms with E-state index in [0.29, 0.717) is 0 Å². The fourth-order valence-corrected chi connectivity index (χ4v) is 0.618. The lowest BCUT2D eigenvalue weighted by atomic mass is 10.2. The van der Waals surface area contributed by atoms with Crippen LogP contribution >= 0.6 is 0 Å². The van der Waals surface area contributed by atoms with E-state index in [4.69, 9.17) is 15.9 Å². The second kappa shape index (κ2) is 1.99. The van der Waals surface area contributed by atoms with E-state index in [9.17, 15) is 0 Å². The first-order valence-corrected chi connectivity index (χ1v) is 2.45. The summed E-state index contributed by atoms with van der Waals surface area (Å²) in [5.41, 5.74) is 5.23. The molecule has 4 N–H and O–H groups in total. The van der Waals surface area contributed by atoms with Gasteiger partial charge in [0.2, 0.25) is 0 Å². The third-order valence-corrected chi connectivity index (χ3v) is 1.19. The fourth-order valence-electron chi connectivity index (χ4n) is 0.618. The summed E-state index contributed by atoms with van der Waals surface area (Å²) in [6, 6.07) is -0.426. The summed E-state index contributed by atoms with van der Waals surface area (Å²) in [6.45, 7) is 0.238. The minimum absolute atomic E-state index is 0.238. The van der Waals surface area contributed by atoms with E-state index in [2.05, 4.69) is 4.74 Å². The minimum Gasteiger partial charge on any atom is -0.386 e. The molecule has 0 saturated carbocycles. The molecule has 0 amide bonds. The average Bonchev–Trinajstić information content (AvgIpc) is 1.98. The molecule has 3 unspecified atom stereocenters. The van der Waals surface area contributed by atoms with Crippen molar-refractivity contribution in [3.63, 3.8) is 0 Å². The first-order valence-electron chi connectivity index (χ1n) is 2.45. The normalized spacial score (nSPS) is 47.6. The Labute approximate surface area is 46.9 Å². The number of rotatable bonds is 0. The molecule has 0 aromatic rings. The van der Waals surface area contributed by atoms with Crippen molar-refractivity contribution in [3.05, 3.63) is 0 Å². The van der Waals surface area contributed by atoms with Crippen LogP contribution in [0.3, 0.4) is 0 Å². The standard InChI is InChI=1S/C4H9NO3/c5-2-1-8-4(7)3(2)6/h2-4,6-7H,1,5H2. The van der Waals surface area contributed by atoms with Gasteiger partial charge in [0.05, 0.1) is 12.6 Å². The lowest BCUT2D eigenvalue weighted by Gasteiger charge is -2.06. The lowest BCUT2D eigenvalue weighted by molar-refractivity contribution is -0.108. The fraction of sp³-hybridized carbons (Fsp3) is 1.00. The number of aliphatic hydroxyl groups excluding tert-OH is 2. The van der Waals surface area contributed by atoms with Gasteiger partial charge < -0.3 is 20.7 Å². The van der Waals surface area contributed by atoms with Crippen LogP contribution in [0.5, 0.6) is 0 Å². The zero-order valence-electron chi connectivity index (χ0n) is 4.32. The Balaban J connectivity index is 2.44. The first-order chi connectivity index (χ1) is 3.72. The van der Waals surface area contributed by atoms with Gasteiger partial charge in [-0.3, -0.25) is 0 Å². The molecule has 4 nitrogen and oxygen atoms in total. The lowest BCUT2D eigenvalue weighted by Crippen LogP contribution is -2.36. The summed E-state index contributed by atoms with van der Waals surface area (Å²) < 4.78 is 4.56. The van der Waals surface area contributed by atoms with E-state index >= 15 is 0 Å². The van der Waals surface area contributed by atoms with Crippen LogP contribution in [0.1, 0.15) is 0 Å². The third-order valence-electron chi connectivity index (χ3n) is 1.19. The molecule has 4 heteroatoms. The van der Waals surface area contributed by atoms with Crippen LogP contribution in [0.25, 0.3) is 0 Å². The molecule has 1 fully saturated rings. The van der Waals surface area contributed by atoms with E-state index in [1.807, 2.05) is 0 Å². The number of ether oxygens (including phenoxy) is 1. The monoisotopic (exact) mass is 119 g/mol. The van der Waals surface area contributed by atoms with Crippen molar-refractivity contribution in [2.24, 2.45) is 5.73 Å². The van der Waals surface area contributed by atoms with Gasteiger partial charge in [0.25, 0.3) is 0 Å². The Morgan fingerprint density at radius 3 is 2.25 bits per heavy atom. The molecule has 0 spiro atoms. The van der Waals surface area contributed by atoms with Gasteiger partial charge >= 0.3 is 0 Å². The summed E-state index contributed by atoms with van der Waals surface area (Å²) in [7, 11) is 0. The average molecular weight is 119 g/mol. The molecule has 0 radical (unpaired) electrons. The van der Waals surface area contributed by atoms with Crippen LogP contribution in [0.4, 0.5) is 0 Å². The number of hydrogen-bond donors (Lipinski definition) is 3. The molecule has 1 saturated heterocycles. The van der Waals surface area contributed by atoms with E-state index in [1.165, 1.54) is 0 Å².